The first-order valence-corrected chi connectivity index (χ1v) is 5.59. The van der Waals surface area contributed by atoms with Crippen LogP contribution in [-0.4, -0.2) is 11.8 Å². The van der Waals surface area contributed by atoms with Gasteiger partial charge in [0.05, 0.1) is 5.41 Å². The predicted molar refractivity (Wildman–Crippen MR) is 60.8 cm³/mol. The molecule has 1 fully saturated rings. The largest absolute Gasteiger partial charge is 0.296 e. The lowest BCUT2D eigenvalue weighted by Crippen LogP contribution is -2.35. The van der Waals surface area contributed by atoms with Gasteiger partial charge < -0.3 is 0 Å². The molecule has 3 nitrogen and oxygen atoms in total. The maximum atomic E-state index is 12.0. The Kier molecular flexibility index (Phi) is 2.77. The smallest absolute Gasteiger partial charge is 0.237 e. The average Bonchev–Trinajstić information content (AvgIpc) is 2.57. The SMILES string of the molecule is CCC[C@]1(c2ccccc2)CC(=O)NC1=O. The zero-order valence-corrected chi connectivity index (χ0v) is 9.32. The van der Waals surface area contributed by atoms with Crippen molar-refractivity contribution in [2.75, 3.05) is 0 Å². The lowest BCUT2D eigenvalue weighted by Gasteiger charge is -2.25. The van der Waals surface area contributed by atoms with Crippen molar-refractivity contribution in [2.24, 2.45) is 0 Å². The van der Waals surface area contributed by atoms with E-state index < -0.39 is 5.41 Å². The zero-order valence-electron chi connectivity index (χ0n) is 9.32. The van der Waals surface area contributed by atoms with Gasteiger partial charge in [0.2, 0.25) is 11.8 Å². The van der Waals surface area contributed by atoms with E-state index in [1.54, 1.807) is 0 Å². The second kappa shape index (κ2) is 4.08. The third-order valence-electron chi connectivity index (χ3n) is 3.15. The molecule has 0 unspecified atom stereocenters. The van der Waals surface area contributed by atoms with Crippen molar-refractivity contribution in [3.8, 4) is 0 Å². The average molecular weight is 217 g/mol. The highest BCUT2D eigenvalue weighted by Crippen LogP contribution is 2.36. The number of imide groups is 1. The molecule has 1 N–H and O–H groups in total. The molecule has 3 heteroatoms. The van der Waals surface area contributed by atoms with Crippen molar-refractivity contribution in [2.45, 2.75) is 31.6 Å². The fourth-order valence-electron chi connectivity index (χ4n) is 2.41. The Morgan fingerprint density at radius 2 is 1.94 bits per heavy atom. The van der Waals surface area contributed by atoms with Crippen LogP contribution in [0.4, 0.5) is 0 Å². The van der Waals surface area contributed by atoms with E-state index in [2.05, 4.69) is 5.32 Å². The number of carbonyl (C=O) groups excluding carboxylic acids is 2. The van der Waals surface area contributed by atoms with Crippen LogP contribution in [0.5, 0.6) is 0 Å². The number of nitrogens with one attached hydrogen (secondary N) is 1. The molecule has 0 saturated carbocycles. The van der Waals surface area contributed by atoms with Gasteiger partial charge in [0.1, 0.15) is 0 Å². The normalized spacial score (nSPS) is 24.6. The Hall–Kier alpha value is -1.64. The number of hydrogen-bond acceptors (Lipinski definition) is 2. The second-order valence-corrected chi connectivity index (χ2v) is 4.25. The van der Waals surface area contributed by atoms with Gasteiger partial charge in [-0.15, -0.1) is 0 Å². The Morgan fingerprint density at radius 1 is 1.25 bits per heavy atom. The fourth-order valence-corrected chi connectivity index (χ4v) is 2.41. The van der Waals surface area contributed by atoms with E-state index in [9.17, 15) is 9.59 Å². The summed E-state index contributed by atoms with van der Waals surface area (Å²) in [6.07, 6.45) is 1.88. The number of benzene rings is 1. The van der Waals surface area contributed by atoms with E-state index in [4.69, 9.17) is 0 Å². The molecule has 2 rings (SSSR count). The Balaban J connectivity index is 2.44. The Bertz CT molecular complexity index is 413. The lowest BCUT2D eigenvalue weighted by molar-refractivity contribution is -0.126. The van der Waals surface area contributed by atoms with E-state index in [-0.39, 0.29) is 18.2 Å². The van der Waals surface area contributed by atoms with Crippen LogP contribution in [0.25, 0.3) is 0 Å². The van der Waals surface area contributed by atoms with Gasteiger partial charge in [0, 0.05) is 6.42 Å². The molecule has 0 radical (unpaired) electrons. The van der Waals surface area contributed by atoms with E-state index >= 15 is 0 Å². The predicted octanol–water partition coefficient (Wildman–Crippen LogP) is 1.77. The summed E-state index contributed by atoms with van der Waals surface area (Å²) < 4.78 is 0. The minimum absolute atomic E-state index is 0.148. The summed E-state index contributed by atoms with van der Waals surface area (Å²) in [4.78, 5) is 23.4. The molecule has 84 valence electrons. The lowest BCUT2D eigenvalue weighted by atomic mass is 9.75. The number of hydrogen-bond donors (Lipinski definition) is 1. The van der Waals surface area contributed by atoms with Crippen LogP contribution in [0.1, 0.15) is 31.7 Å². The summed E-state index contributed by atoms with van der Waals surface area (Å²) in [5.41, 5.74) is 0.313. The Morgan fingerprint density at radius 3 is 2.44 bits per heavy atom. The Labute approximate surface area is 94.9 Å². The summed E-state index contributed by atoms with van der Waals surface area (Å²) in [5.74, 6) is -0.312. The highest BCUT2D eigenvalue weighted by molar-refractivity contribution is 6.09. The molecule has 0 bridgehead atoms. The van der Waals surface area contributed by atoms with Crippen LogP contribution < -0.4 is 5.32 Å². The van der Waals surface area contributed by atoms with E-state index in [0.717, 1.165) is 12.0 Å². The van der Waals surface area contributed by atoms with Gasteiger partial charge in [-0.1, -0.05) is 43.7 Å². The minimum atomic E-state index is -0.632. The number of amides is 2. The van der Waals surface area contributed by atoms with Crippen molar-refractivity contribution in [1.29, 1.82) is 0 Å². The molecule has 16 heavy (non-hydrogen) atoms. The van der Waals surface area contributed by atoms with Crippen molar-refractivity contribution < 1.29 is 9.59 Å². The first-order chi connectivity index (χ1) is 7.69. The third-order valence-corrected chi connectivity index (χ3v) is 3.15. The molecule has 2 amide bonds. The molecular formula is C13H15NO2. The molecule has 0 spiro atoms. The molecule has 1 aromatic carbocycles. The molecule has 0 aromatic heterocycles. The van der Waals surface area contributed by atoms with Crippen LogP contribution in [0.2, 0.25) is 0 Å². The first kappa shape index (κ1) is 10.9. The monoisotopic (exact) mass is 217 g/mol. The highest BCUT2D eigenvalue weighted by atomic mass is 16.2. The molecular weight excluding hydrogens is 202 g/mol. The molecule has 1 saturated heterocycles. The quantitative estimate of drug-likeness (QED) is 0.784. The number of rotatable bonds is 3. The van der Waals surface area contributed by atoms with E-state index in [1.165, 1.54) is 0 Å². The summed E-state index contributed by atoms with van der Waals surface area (Å²) in [5, 5.41) is 2.41. The van der Waals surface area contributed by atoms with Gasteiger partial charge in [0.25, 0.3) is 0 Å². The molecule has 0 aliphatic carbocycles. The summed E-state index contributed by atoms with van der Waals surface area (Å²) in [6.45, 7) is 2.03. The van der Waals surface area contributed by atoms with Gasteiger partial charge in [-0.2, -0.15) is 0 Å². The number of carbonyl (C=O) groups is 2. The van der Waals surface area contributed by atoms with Crippen LogP contribution in [0.3, 0.4) is 0 Å². The van der Waals surface area contributed by atoms with Crippen molar-refractivity contribution in [3.63, 3.8) is 0 Å². The van der Waals surface area contributed by atoms with Crippen LogP contribution in [-0.2, 0) is 15.0 Å². The summed E-state index contributed by atoms with van der Waals surface area (Å²) >= 11 is 0. The van der Waals surface area contributed by atoms with Gasteiger partial charge in [-0.25, -0.2) is 0 Å². The topological polar surface area (TPSA) is 46.2 Å². The van der Waals surface area contributed by atoms with Gasteiger partial charge in [0.15, 0.2) is 0 Å². The maximum absolute atomic E-state index is 12.0. The van der Waals surface area contributed by atoms with Crippen molar-refractivity contribution in [1.82, 2.24) is 5.32 Å². The maximum Gasteiger partial charge on any atom is 0.237 e. The van der Waals surface area contributed by atoms with Gasteiger partial charge in [-0.3, -0.25) is 14.9 Å². The fraction of sp³-hybridized carbons (Fsp3) is 0.385. The van der Waals surface area contributed by atoms with E-state index in [0.29, 0.717) is 6.42 Å². The van der Waals surface area contributed by atoms with Crippen molar-refractivity contribution >= 4 is 11.8 Å². The first-order valence-electron chi connectivity index (χ1n) is 5.59. The molecule has 1 aliphatic heterocycles. The molecule has 1 atom stereocenters. The van der Waals surface area contributed by atoms with E-state index in [1.807, 2.05) is 37.3 Å². The molecule has 1 aromatic rings. The van der Waals surface area contributed by atoms with Crippen LogP contribution >= 0.6 is 0 Å². The third kappa shape index (κ3) is 1.62. The van der Waals surface area contributed by atoms with Crippen LogP contribution in [0, 0.1) is 0 Å². The van der Waals surface area contributed by atoms with Gasteiger partial charge in [-0.05, 0) is 12.0 Å². The standard InChI is InChI=1S/C13H15NO2/c1-2-8-13(9-11(15)14-12(13)16)10-6-4-3-5-7-10/h3-7H,2,8-9H2,1H3,(H,14,15,16)/t13-/m1/s1. The summed E-state index contributed by atoms with van der Waals surface area (Å²) in [6, 6.07) is 9.57. The summed E-state index contributed by atoms with van der Waals surface area (Å²) in [7, 11) is 0. The molecule has 1 aliphatic rings. The second-order valence-electron chi connectivity index (χ2n) is 4.25. The zero-order chi connectivity index (χ0) is 11.6. The molecule has 1 heterocycles. The van der Waals surface area contributed by atoms with Gasteiger partial charge >= 0.3 is 0 Å². The highest BCUT2D eigenvalue weighted by Gasteiger charge is 2.46. The van der Waals surface area contributed by atoms with Crippen molar-refractivity contribution in [3.05, 3.63) is 35.9 Å². The van der Waals surface area contributed by atoms with Crippen LogP contribution in [0.15, 0.2) is 30.3 Å². The minimum Gasteiger partial charge on any atom is -0.296 e.